The second-order valence-electron chi connectivity index (χ2n) is 7.21. The van der Waals surface area contributed by atoms with Crippen molar-refractivity contribution in [3.63, 3.8) is 0 Å². The van der Waals surface area contributed by atoms with E-state index in [1.807, 2.05) is 0 Å². The highest BCUT2D eigenvalue weighted by molar-refractivity contribution is 5.96. The van der Waals surface area contributed by atoms with Crippen molar-refractivity contribution in [2.24, 2.45) is 17.4 Å². The van der Waals surface area contributed by atoms with Crippen LogP contribution in [-0.4, -0.2) is 69.9 Å². The highest BCUT2D eigenvalue weighted by Crippen LogP contribution is 2.08. The van der Waals surface area contributed by atoms with Crippen molar-refractivity contribution in [3.05, 3.63) is 0 Å². The van der Waals surface area contributed by atoms with Gasteiger partial charge in [0.15, 0.2) is 0 Å². The first-order valence-corrected chi connectivity index (χ1v) is 9.69. The van der Waals surface area contributed by atoms with Crippen LogP contribution in [0.4, 0.5) is 0 Å². The number of nitrogens with two attached hydrogens (primary N) is 2. The number of hydrogen-bond acceptors (Lipinski definition) is 7. The summed E-state index contributed by atoms with van der Waals surface area (Å²) in [5, 5.41) is 24.7. The number of amides is 4. The lowest BCUT2D eigenvalue weighted by atomic mass is 9.99. The molecule has 0 aliphatic rings. The minimum atomic E-state index is -1.46. The molecule has 0 saturated carbocycles. The zero-order valence-electron chi connectivity index (χ0n) is 17.7. The molecule has 0 bridgehead atoms. The summed E-state index contributed by atoms with van der Waals surface area (Å²) in [7, 11) is 0. The number of nitrogens with one attached hydrogen (secondary N) is 3. The molecule has 31 heavy (non-hydrogen) atoms. The number of carboxylic acid groups (broad SMARTS) is 2. The molecule has 4 amide bonds. The molecule has 0 aromatic heterocycles. The van der Waals surface area contributed by atoms with Gasteiger partial charge in [0, 0.05) is 6.42 Å². The Balaban J connectivity index is 5.11. The number of carbonyl (C=O) groups excluding carboxylic acids is 4. The van der Waals surface area contributed by atoms with Gasteiger partial charge >= 0.3 is 11.9 Å². The molecule has 0 rings (SSSR count). The maximum Gasteiger partial charge on any atom is 0.326 e. The summed E-state index contributed by atoms with van der Waals surface area (Å²) in [5.74, 6) is -6.23. The Hall–Kier alpha value is -3.22. The third kappa shape index (κ3) is 10.4. The molecule has 9 N–H and O–H groups in total. The monoisotopic (exact) mass is 445 g/mol. The fourth-order valence-corrected chi connectivity index (χ4v) is 2.44. The number of carbonyl (C=O) groups is 6. The molecule has 0 radical (unpaired) electrons. The molecule has 0 spiro atoms. The molecular formula is C18H31N5O8. The normalized spacial score (nSPS) is 15.5. The van der Waals surface area contributed by atoms with E-state index < -0.39 is 66.2 Å². The second kappa shape index (κ2) is 13.2. The maximum absolute atomic E-state index is 12.5. The zero-order valence-corrected chi connectivity index (χ0v) is 17.7. The Morgan fingerprint density at radius 2 is 1.48 bits per heavy atom. The van der Waals surface area contributed by atoms with Gasteiger partial charge in [0.2, 0.25) is 23.6 Å². The fraction of sp³-hybridized carbons (Fsp3) is 0.667. The Bertz CT molecular complexity index is 698. The molecule has 5 atom stereocenters. The summed E-state index contributed by atoms with van der Waals surface area (Å²) in [5.41, 5.74) is 10.7. The van der Waals surface area contributed by atoms with Crippen molar-refractivity contribution < 1.29 is 39.0 Å². The highest BCUT2D eigenvalue weighted by Gasteiger charge is 2.30. The average Bonchev–Trinajstić information content (AvgIpc) is 2.67. The van der Waals surface area contributed by atoms with Gasteiger partial charge in [-0.15, -0.1) is 0 Å². The van der Waals surface area contributed by atoms with Crippen LogP contribution in [0.3, 0.4) is 0 Å². The SMILES string of the molecule is CCC(C)C(NC(=O)C(C)NC(=O)C(CC(N)=O)NC(=O)C(N)CCC(=O)O)C(=O)O. The van der Waals surface area contributed by atoms with Gasteiger partial charge in [-0.3, -0.25) is 24.0 Å². The third-order valence-electron chi connectivity index (χ3n) is 4.57. The van der Waals surface area contributed by atoms with E-state index in [-0.39, 0.29) is 18.8 Å². The van der Waals surface area contributed by atoms with Crippen molar-refractivity contribution in [2.75, 3.05) is 0 Å². The van der Waals surface area contributed by atoms with Crippen molar-refractivity contribution >= 4 is 35.6 Å². The molecule has 13 heteroatoms. The molecule has 0 heterocycles. The number of primary amides is 1. The lowest BCUT2D eigenvalue weighted by Crippen LogP contribution is -2.57. The molecule has 0 aromatic carbocycles. The van der Waals surface area contributed by atoms with Gasteiger partial charge in [-0.2, -0.15) is 0 Å². The smallest absolute Gasteiger partial charge is 0.326 e. The minimum absolute atomic E-state index is 0.197. The topological polar surface area (TPSA) is 231 Å². The Kier molecular flexibility index (Phi) is 11.8. The Labute approximate surface area is 179 Å². The summed E-state index contributed by atoms with van der Waals surface area (Å²) in [4.78, 5) is 70.0. The van der Waals surface area contributed by atoms with Crippen LogP contribution in [0.25, 0.3) is 0 Å². The van der Waals surface area contributed by atoms with E-state index in [4.69, 9.17) is 16.6 Å². The third-order valence-corrected chi connectivity index (χ3v) is 4.57. The highest BCUT2D eigenvalue weighted by atomic mass is 16.4. The van der Waals surface area contributed by atoms with Crippen molar-refractivity contribution in [1.29, 1.82) is 0 Å². The first-order valence-electron chi connectivity index (χ1n) is 9.69. The molecule has 5 unspecified atom stereocenters. The molecule has 0 aliphatic carbocycles. The fourth-order valence-electron chi connectivity index (χ4n) is 2.44. The van der Waals surface area contributed by atoms with Crippen LogP contribution in [0.2, 0.25) is 0 Å². The van der Waals surface area contributed by atoms with Crippen molar-refractivity contribution in [1.82, 2.24) is 16.0 Å². The predicted octanol–water partition coefficient (Wildman–Crippen LogP) is -2.34. The van der Waals surface area contributed by atoms with Crippen LogP contribution in [0, 0.1) is 5.92 Å². The zero-order chi connectivity index (χ0) is 24.3. The van der Waals surface area contributed by atoms with Gasteiger partial charge in [-0.1, -0.05) is 20.3 Å². The van der Waals surface area contributed by atoms with Gasteiger partial charge in [0.25, 0.3) is 0 Å². The maximum atomic E-state index is 12.5. The molecule has 0 saturated heterocycles. The predicted molar refractivity (Wildman–Crippen MR) is 107 cm³/mol. The molecular weight excluding hydrogens is 414 g/mol. The largest absolute Gasteiger partial charge is 0.481 e. The molecule has 176 valence electrons. The van der Waals surface area contributed by atoms with E-state index in [2.05, 4.69) is 16.0 Å². The van der Waals surface area contributed by atoms with Crippen molar-refractivity contribution in [3.8, 4) is 0 Å². The van der Waals surface area contributed by atoms with Crippen LogP contribution in [0.1, 0.15) is 46.5 Å². The van der Waals surface area contributed by atoms with Gasteiger partial charge in [0.1, 0.15) is 18.1 Å². The molecule has 0 fully saturated rings. The van der Waals surface area contributed by atoms with Crippen LogP contribution in [-0.2, 0) is 28.8 Å². The number of aliphatic carboxylic acids is 2. The van der Waals surface area contributed by atoms with Gasteiger partial charge in [-0.05, 0) is 19.3 Å². The van der Waals surface area contributed by atoms with Crippen LogP contribution < -0.4 is 27.4 Å². The summed E-state index contributed by atoms with van der Waals surface area (Å²) in [6.07, 6.45) is -0.675. The summed E-state index contributed by atoms with van der Waals surface area (Å²) >= 11 is 0. The van der Waals surface area contributed by atoms with E-state index in [9.17, 15) is 33.9 Å². The first-order chi connectivity index (χ1) is 14.3. The van der Waals surface area contributed by atoms with E-state index in [1.165, 1.54) is 6.92 Å². The first kappa shape index (κ1) is 27.8. The average molecular weight is 445 g/mol. The molecule has 0 aliphatic heterocycles. The van der Waals surface area contributed by atoms with E-state index in [1.54, 1.807) is 13.8 Å². The lowest BCUT2D eigenvalue weighted by molar-refractivity contribution is -0.144. The summed E-state index contributed by atoms with van der Waals surface area (Å²) < 4.78 is 0. The molecule has 13 nitrogen and oxygen atoms in total. The van der Waals surface area contributed by atoms with E-state index >= 15 is 0 Å². The standard InChI is InChI=1S/C18H31N5O8/c1-4-8(2)14(18(30)31)23-15(27)9(3)21-17(29)11(7-12(20)24)22-16(28)10(19)5-6-13(25)26/h8-11,14H,4-7,19H2,1-3H3,(H2,20,24)(H,21,29)(H,22,28)(H,23,27)(H,25,26)(H,30,31). The number of carboxylic acids is 2. The summed E-state index contributed by atoms with van der Waals surface area (Å²) in [6.45, 7) is 4.70. The second-order valence-corrected chi connectivity index (χ2v) is 7.21. The lowest BCUT2D eigenvalue weighted by Gasteiger charge is -2.24. The number of rotatable bonds is 14. The van der Waals surface area contributed by atoms with E-state index in [0.717, 1.165) is 0 Å². The molecule has 0 aromatic rings. The summed E-state index contributed by atoms with van der Waals surface area (Å²) in [6, 6.07) is -5.05. The van der Waals surface area contributed by atoms with Crippen LogP contribution in [0.15, 0.2) is 0 Å². The van der Waals surface area contributed by atoms with Crippen LogP contribution >= 0.6 is 0 Å². The van der Waals surface area contributed by atoms with Gasteiger partial charge < -0.3 is 37.6 Å². The van der Waals surface area contributed by atoms with Gasteiger partial charge in [0.05, 0.1) is 12.5 Å². The minimum Gasteiger partial charge on any atom is -0.481 e. The Morgan fingerprint density at radius 1 is 0.903 bits per heavy atom. The number of hydrogen-bond donors (Lipinski definition) is 7. The van der Waals surface area contributed by atoms with Gasteiger partial charge in [-0.25, -0.2) is 4.79 Å². The van der Waals surface area contributed by atoms with E-state index in [0.29, 0.717) is 6.42 Å². The Morgan fingerprint density at radius 3 is 1.94 bits per heavy atom. The van der Waals surface area contributed by atoms with Crippen LogP contribution in [0.5, 0.6) is 0 Å². The quantitative estimate of drug-likeness (QED) is 0.151. The van der Waals surface area contributed by atoms with Crippen molar-refractivity contribution in [2.45, 2.75) is 70.6 Å².